The van der Waals surface area contributed by atoms with E-state index in [9.17, 15) is 13.9 Å². The van der Waals surface area contributed by atoms with E-state index in [0.29, 0.717) is 17.7 Å². The Kier molecular flexibility index (Phi) is 4.40. The van der Waals surface area contributed by atoms with Crippen LogP contribution in [0.2, 0.25) is 0 Å². The molecular formula is C19H13F2N3OS. The molecule has 0 amide bonds. The van der Waals surface area contributed by atoms with Crippen LogP contribution in [-0.4, -0.2) is 22.0 Å². The van der Waals surface area contributed by atoms with Gasteiger partial charge in [-0.1, -0.05) is 6.07 Å². The predicted octanol–water partition coefficient (Wildman–Crippen LogP) is 4.35. The molecule has 7 heteroatoms. The fraction of sp³-hybridized carbons (Fsp3) is 0.105. The van der Waals surface area contributed by atoms with Crippen molar-refractivity contribution in [2.45, 2.75) is 12.5 Å². The lowest BCUT2D eigenvalue weighted by atomic mass is 9.98. The smallest absolute Gasteiger partial charge is 0.132 e. The fourth-order valence-electron chi connectivity index (χ4n) is 2.80. The fourth-order valence-corrected chi connectivity index (χ4v) is 3.99. The molecular weight excluding hydrogens is 356 g/mol. The maximum Gasteiger partial charge on any atom is 0.132 e. The lowest BCUT2D eigenvalue weighted by Gasteiger charge is -2.13. The summed E-state index contributed by atoms with van der Waals surface area (Å²) >= 11 is 1.45. The highest BCUT2D eigenvalue weighted by Gasteiger charge is 2.25. The molecule has 130 valence electrons. The SMILES string of the molecule is OC(c1ccc(F)cc1F)c1cc(-c2ccncc2)sc1C1=NN=CC1. The van der Waals surface area contributed by atoms with Crippen molar-refractivity contribution in [3.8, 4) is 10.4 Å². The van der Waals surface area contributed by atoms with Crippen molar-refractivity contribution in [3.63, 3.8) is 0 Å². The molecule has 1 N–H and O–H groups in total. The van der Waals surface area contributed by atoms with Crippen LogP contribution >= 0.6 is 11.3 Å². The molecule has 3 heterocycles. The molecule has 26 heavy (non-hydrogen) atoms. The van der Waals surface area contributed by atoms with E-state index in [0.717, 1.165) is 27.5 Å². The van der Waals surface area contributed by atoms with E-state index in [1.54, 1.807) is 18.6 Å². The largest absolute Gasteiger partial charge is 0.383 e. The summed E-state index contributed by atoms with van der Waals surface area (Å²) in [6.07, 6.45) is 4.35. The highest BCUT2D eigenvalue weighted by molar-refractivity contribution is 7.17. The third kappa shape index (κ3) is 3.07. The first-order valence-electron chi connectivity index (χ1n) is 7.89. The lowest BCUT2D eigenvalue weighted by Crippen LogP contribution is -2.07. The summed E-state index contributed by atoms with van der Waals surface area (Å²) in [7, 11) is 0. The maximum atomic E-state index is 14.2. The van der Waals surface area contributed by atoms with Crippen LogP contribution in [0.4, 0.5) is 8.78 Å². The zero-order valence-electron chi connectivity index (χ0n) is 13.4. The van der Waals surface area contributed by atoms with Gasteiger partial charge in [0.15, 0.2) is 0 Å². The Morgan fingerprint density at radius 3 is 2.54 bits per heavy atom. The van der Waals surface area contributed by atoms with Crippen LogP contribution in [-0.2, 0) is 0 Å². The Balaban J connectivity index is 1.82. The Morgan fingerprint density at radius 1 is 1.04 bits per heavy atom. The Hall–Kier alpha value is -2.77. The summed E-state index contributed by atoms with van der Waals surface area (Å²) in [6, 6.07) is 8.69. The van der Waals surface area contributed by atoms with Gasteiger partial charge < -0.3 is 5.11 Å². The first-order valence-corrected chi connectivity index (χ1v) is 8.71. The second kappa shape index (κ2) is 6.86. The molecule has 4 nitrogen and oxygen atoms in total. The van der Waals surface area contributed by atoms with E-state index < -0.39 is 17.7 Å². The first kappa shape index (κ1) is 16.7. The number of aromatic nitrogens is 1. The molecule has 0 bridgehead atoms. The highest BCUT2D eigenvalue weighted by atomic mass is 32.1. The summed E-state index contributed by atoms with van der Waals surface area (Å²) in [4.78, 5) is 5.64. The molecule has 3 aromatic rings. The minimum atomic E-state index is -1.24. The van der Waals surface area contributed by atoms with Gasteiger partial charge in [0.05, 0.1) is 10.6 Å². The number of aliphatic hydroxyl groups excluding tert-OH is 1. The van der Waals surface area contributed by atoms with Crippen molar-refractivity contribution in [3.05, 3.63) is 76.4 Å². The topological polar surface area (TPSA) is 57.8 Å². The standard InChI is InChI=1S/C19H13F2N3OS/c20-12-1-2-13(15(21)9-12)18(25)14-10-17(11-3-6-22-7-4-11)26-19(14)16-5-8-23-24-16/h1-4,6-10,18,25H,5H2. The van der Waals surface area contributed by atoms with Gasteiger partial charge in [-0.25, -0.2) is 8.78 Å². The van der Waals surface area contributed by atoms with Crippen LogP contribution < -0.4 is 0 Å². The van der Waals surface area contributed by atoms with Crippen LogP contribution in [0.15, 0.2) is 59.0 Å². The Morgan fingerprint density at radius 2 is 1.85 bits per heavy atom. The number of pyridine rings is 1. The average Bonchev–Trinajstić information content (AvgIpc) is 3.31. The molecule has 1 aliphatic heterocycles. The maximum absolute atomic E-state index is 14.2. The number of nitrogens with zero attached hydrogens (tertiary/aromatic N) is 3. The van der Waals surface area contributed by atoms with Crippen molar-refractivity contribution in [1.82, 2.24) is 4.98 Å². The number of rotatable bonds is 4. The molecule has 0 fully saturated rings. The van der Waals surface area contributed by atoms with Crippen LogP contribution in [0.25, 0.3) is 10.4 Å². The minimum Gasteiger partial charge on any atom is -0.383 e. The van der Waals surface area contributed by atoms with Crippen molar-refractivity contribution >= 4 is 23.3 Å². The number of halogens is 2. The van der Waals surface area contributed by atoms with Gasteiger partial charge >= 0.3 is 0 Å². The predicted molar refractivity (Wildman–Crippen MR) is 97.6 cm³/mol. The minimum absolute atomic E-state index is 0.0197. The van der Waals surface area contributed by atoms with Crippen molar-refractivity contribution in [2.75, 3.05) is 0 Å². The first-order chi connectivity index (χ1) is 12.6. The molecule has 0 radical (unpaired) electrons. The molecule has 0 saturated carbocycles. The highest BCUT2D eigenvalue weighted by Crippen LogP contribution is 2.38. The number of hydrogen-bond donors (Lipinski definition) is 1. The van der Waals surface area contributed by atoms with E-state index in [1.165, 1.54) is 17.4 Å². The van der Waals surface area contributed by atoms with Crippen molar-refractivity contribution < 1.29 is 13.9 Å². The molecule has 0 aliphatic carbocycles. The number of thiophene rings is 1. The quantitative estimate of drug-likeness (QED) is 0.743. The van der Waals surface area contributed by atoms with Crippen molar-refractivity contribution in [1.29, 1.82) is 0 Å². The Bertz CT molecular complexity index is 1010. The van der Waals surface area contributed by atoms with Gasteiger partial charge in [-0.2, -0.15) is 10.2 Å². The molecule has 1 unspecified atom stereocenters. The summed E-state index contributed by atoms with van der Waals surface area (Å²) in [5.41, 5.74) is 2.19. The van der Waals surface area contributed by atoms with Gasteiger partial charge in [0.1, 0.15) is 17.7 Å². The second-order valence-electron chi connectivity index (χ2n) is 5.75. The molecule has 0 spiro atoms. The monoisotopic (exact) mass is 369 g/mol. The summed E-state index contributed by atoms with van der Waals surface area (Å²) in [6.45, 7) is 0. The third-order valence-electron chi connectivity index (χ3n) is 4.08. The van der Waals surface area contributed by atoms with E-state index >= 15 is 0 Å². The van der Waals surface area contributed by atoms with Crippen LogP contribution in [0.3, 0.4) is 0 Å². The van der Waals surface area contributed by atoms with Crippen molar-refractivity contribution in [2.24, 2.45) is 10.2 Å². The van der Waals surface area contributed by atoms with E-state index in [-0.39, 0.29) is 5.56 Å². The van der Waals surface area contributed by atoms with Gasteiger partial charge in [0, 0.05) is 47.1 Å². The molecule has 1 aromatic carbocycles. The van der Waals surface area contributed by atoms with Crippen LogP contribution in [0.1, 0.15) is 28.5 Å². The Labute approximate surface area is 152 Å². The zero-order valence-corrected chi connectivity index (χ0v) is 14.3. The number of aliphatic hydroxyl groups is 1. The lowest BCUT2D eigenvalue weighted by molar-refractivity contribution is 0.215. The number of hydrogen-bond acceptors (Lipinski definition) is 5. The number of benzene rings is 1. The zero-order chi connectivity index (χ0) is 18.1. The second-order valence-corrected chi connectivity index (χ2v) is 6.80. The van der Waals surface area contributed by atoms with Crippen LogP contribution in [0, 0.1) is 11.6 Å². The van der Waals surface area contributed by atoms with E-state index in [4.69, 9.17) is 0 Å². The van der Waals surface area contributed by atoms with Gasteiger partial charge in [-0.15, -0.1) is 11.3 Å². The molecule has 1 aliphatic rings. The summed E-state index contributed by atoms with van der Waals surface area (Å²) < 4.78 is 27.4. The van der Waals surface area contributed by atoms with Crippen LogP contribution in [0.5, 0.6) is 0 Å². The molecule has 4 rings (SSSR count). The van der Waals surface area contributed by atoms with Gasteiger partial charge in [0.2, 0.25) is 0 Å². The van der Waals surface area contributed by atoms with Gasteiger partial charge in [-0.3, -0.25) is 4.98 Å². The molecule has 0 saturated heterocycles. The normalized spacial score (nSPS) is 14.5. The molecule has 1 atom stereocenters. The summed E-state index contributed by atoms with van der Waals surface area (Å²) in [5, 5.41) is 18.8. The van der Waals surface area contributed by atoms with E-state index in [1.807, 2.05) is 18.2 Å². The molecule has 2 aromatic heterocycles. The van der Waals surface area contributed by atoms with Gasteiger partial charge in [-0.05, 0) is 29.8 Å². The third-order valence-corrected chi connectivity index (χ3v) is 5.33. The van der Waals surface area contributed by atoms with E-state index in [2.05, 4.69) is 15.2 Å². The average molecular weight is 369 g/mol. The summed E-state index contributed by atoms with van der Waals surface area (Å²) in [5.74, 6) is -1.47. The van der Waals surface area contributed by atoms with Gasteiger partial charge in [0.25, 0.3) is 0 Å².